The minimum absolute atomic E-state index is 0.208. The third kappa shape index (κ3) is 2.53. The van der Waals surface area contributed by atoms with Crippen molar-refractivity contribution in [3.63, 3.8) is 0 Å². The van der Waals surface area contributed by atoms with Gasteiger partial charge in [0.1, 0.15) is 0 Å². The van der Waals surface area contributed by atoms with Crippen molar-refractivity contribution in [1.82, 2.24) is 20.4 Å². The molecule has 2 heterocycles. The van der Waals surface area contributed by atoms with Crippen LogP contribution in [0.15, 0.2) is 16.2 Å². The first kappa shape index (κ1) is 12.2. The Labute approximate surface area is 104 Å². The zero-order chi connectivity index (χ0) is 12.3. The summed E-state index contributed by atoms with van der Waals surface area (Å²) in [6.45, 7) is 4.23. The summed E-state index contributed by atoms with van der Waals surface area (Å²) in [6.07, 6.45) is 2.77. The highest BCUT2D eigenvalue weighted by atomic mass is 32.1. The predicted molar refractivity (Wildman–Crippen MR) is 67.0 cm³/mol. The zero-order valence-electron chi connectivity index (χ0n) is 10.2. The van der Waals surface area contributed by atoms with Gasteiger partial charge in [0, 0.05) is 12.2 Å². The molecule has 0 spiro atoms. The van der Waals surface area contributed by atoms with Crippen LogP contribution in [0.2, 0.25) is 0 Å². The number of nitrogens with one attached hydrogen (secondary N) is 1. The molecule has 0 bridgehead atoms. The Kier molecular flexibility index (Phi) is 3.86. The van der Waals surface area contributed by atoms with Crippen LogP contribution in [0.3, 0.4) is 0 Å². The molecule has 0 saturated carbocycles. The molecule has 0 aromatic carbocycles. The van der Waals surface area contributed by atoms with Gasteiger partial charge >= 0.3 is 0 Å². The number of rotatable bonds is 5. The van der Waals surface area contributed by atoms with Crippen LogP contribution in [0.1, 0.15) is 32.1 Å². The average molecular weight is 252 g/mol. The lowest BCUT2D eigenvalue weighted by atomic mass is 10.00. The zero-order valence-corrected chi connectivity index (χ0v) is 11.0. The van der Waals surface area contributed by atoms with Gasteiger partial charge in [0.25, 0.3) is 0 Å². The first-order valence-corrected chi connectivity index (χ1v) is 6.54. The normalized spacial score (nSPS) is 14.8. The quantitative estimate of drug-likeness (QED) is 0.884. The Hall–Kier alpha value is -1.27. The highest BCUT2D eigenvalue weighted by Crippen LogP contribution is 2.24. The molecule has 0 aliphatic carbocycles. The molecule has 6 heteroatoms. The van der Waals surface area contributed by atoms with Gasteiger partial charge in [-0.25, -0.2) is 0 Å². The fourth-order valence-electron chi connectivity index (χ4n) is 1.83. The van der Waals surface area contributed by atoms with Gasteiger partial charge in [0.2, 0.25) is 11.7 Å². The molecule has 0 aliphatic heterocycles. The molecule has 2 aromatic rings. The van der Waals surface area contributed by atoms with Gasteiger partial charge in [-0.3, -0.25) is 4.98 Å². The van der Waals surface area contributed by atoms with Crippen LogP contribution in [0.5, 0.6) is 0 Å². The lowest BCUT2D eigenvalue weighted by molar-refractivity contribution is 0.326. The van der Waals surface area contributed by atoms with E-state index in [1.807, 2.05) is 7.05 Å². The topological polar surface area (TPSA) is 63.8 Å². The summed E-state index contributed by atoms with van der Waals surface area (Å²) in [4.78, 5) is 9.36. The summed E-state index contributed by atoms with van der Waals surface area (Å²) in [5, 5.41) is 7.24. The number of likely N-dealkylation sites (N-methyl/N-ethyl adjacent to an activating group) is 1. The fourth-order valence-corrected chi connectivity index (χ4v) is 2.37. The molecule has 1 N–H and O–H groups in total. The van der Waals surface area contributed by atoms with E-state index < -0.39 is 0 Å². The van der Waals surface area contributed by atoms with Crippen LogP contribution in [0.4, 0.5) is 0 Å². The largest absolute Gasteiger partial charge is 0.339 e. The summed E-state index contributed by atoms with van der Waals surface area (Å²) in [7, 11) is 1.95. The van der Waals surface area contributed by atoms with Gasteiger partial charge in [-0.1, -0.05) is 19.0 Å². The summed E-state index contributed by atoms with van der Waals surface area (Å²) >= 11 is 1.51. The van der Waals surface area contributed by atoms with Crippen LogP contribution in [0, 0.1) is 0 Å². The van der Waals surface area contributed by atoms with E-state index >= 15 is 0 Å². The van der Waals surface area contributed by atoms with Gasteiger partial charge in [-0.2, -0.15) is 4.98 Å². The monoisotopic (exact) mass is 252 g/mol. The van der Waals surface area contributed by atoms with Gasteiger partial charge in [0.05, 0.1) is 16.3 Å². The molecule has 0 saturated heterocycles. The first-order valence-electron chi connectivity index (χ1n) is 5.66. The van der Waals surface area contributed by atoms with Crippen LogP contribution in [-0.4, -0.2) is 28.2 Å². The summed E-state index contributed by atoms with van der Waals surface area (Å²) in [5.41, 5.74) is 1.76. The molecule has 2 unspecified atom stereocenters. The Morgan fingerprint density at radius 1 is 1.53 bits per heavy atom. The summed E-state index contributed by atoms with van der Waals surface area (Å²) in [5.74, 6) is 1.51. The lowest BCUT2D eigenvalue weighted by Crippen LogP contribution is -2.30. The van der Waals surface area contributed by atoms with Crippen molar-refractivity contribution in [2.24, 2.45) is 0 Å². The molecule has 0 fully saturated rings. The number of aromatic nitrogens is 3. The molecule has 2 atom stereocenters. The molecule has 5 nitrogen and oxygen atoms in total. The second-order valence-corrected chi connectivity index (χ2v) is 4.80. The maximum Gasteiger partial charge on any atom is 0.231 e. The van der Waals surface area contributed by atoms with Crippen molar-refractivity contribution < 1.29 is 4.52 Å². The molecular weight excluding hydrogens is 236 g/mol. The van der Waals surface area contributed by atoms with Gasteiger partial charge in [-0.15, -0.1) is 11.3 Å². The highest BCUT2D eigenvalue weighted by Gasteiger charge is 2.22. The second kappa shape index (κ2) is 5.37. The van der Waals surface area contributed by atoms with E-state index in [4.69, 9.17) is 4.52 Å². The Bertz CT molecular complexity index is 450. The van der Waals surface area contributed by atoms with E-state index in [1.165, 1.54) is 11.3 Å². The highest BCUT2D eigenvalue weighted by molar-refractivity contribution is 7.13. The molecular formula is C11H16N4OS. The molecule has 0 amide bonds. The standard InChI is InChI=1S/C11H16N4OS/c1-4-8(12-3)7(2)11-14-10(15-16-11)9-5-13-6-17-9/h5-8,12H,4H2,1-3H3. The Morgan fingerprint density at radius 3 is 2.94 bits per heavy atom. The molecule has 2 aromatic heterocycles. The fraction of sp³-hybridized carbons (Fsp3) is 0.545. The molecule has 0 radical (unpaired) electrons. The average Bonchev–Trinajstić information content (AvgIpc) is 3.01. The van der Waals surface area contributed by atoms with Crippen LogP contribution >= 0.6 is 11.3 Å². The van der Waals surface area contributed by atoms with Crippen molar-refractivity contribution in [1.29, 1.82) is 0 Å². The molecule has 2 rings (SSSR count). The SMILES string of the molecule is CCC(NC)C(C)c1nc(-c2cncs2)no1. The number of hydrogen-bond acceptors (Lipinski definition) is 6. The maximum absolute atomic E-state index is 5.31. The van der Waals surface area contributed by atoms with Gasteiger partial charge in [-0.05, 0) is 13.5 Å². The Balaban J connectivity index is 2.18. The van der Waals surface area contributed by atoms with E-state index in [9.17, 15) is 0 Å². The van der Waals surface area contributed by atoms with Gasteiger partial charge < -0.3 is 9.84 Å². The number of nitrogens with zero attached hydrogens (tertiary/aromatic N) is 3. The van der Waals surface area contributed by atoms with Crippen molar-refractivity contribution in [2.45, 2.75) is 32.2 Å². The third-order valence-electron chi connectivity index (χ3n) is 2.90. The van der Waals surface area contributed by atoms with E-state index in [0.717, 1.165) is 11.3 Å². The molecule has 17 heavy (non-hydrogen) atoms. The molecule has 92 valence electrons. The number of hydrogen-bond donors (Lipinski definition) is 1. The lowest BCUT2D eigenvalue weighted by Gasteiger charge is -2.18. The van der Waals surface area contributed by atoms with Crippen molar-refractivity contribution in [3.05, 3.63) is 17.6 Å². The third-order valence-corrected chi connectivity index (χ3v) is 3.67. The minimum atomic E-state index is 0.208. The van der Waals surface area contributed by atoms with Crippen LogP contribution < -0.4 is 5.32 Å². The number of thiazole rings is 1. The smallest absolute Gasteiger partial charge is 0.231 e. The first-order chi connectivity index (χ1) is 8.26. The minimum Gasteiger partial charge on any atom is -0.339 e. The van der Waals surface area contributed by atoms with E-state index in [-0.39, 0.29) is 5.92 Å². The summed E-state index contributed by atoms with van der Waals surface area (Å²) in [6, 6.07) is 0.352. The predicted octanol–water partition coefficient (Wildman–Crippen LogP) is 2.29. The van der Waals surface area contributed by atoms with Crippen LogP contribution in [-0.2, 0) is 0 Å². The van der Waals surface area contributed by atoms with E-state index in [1.54, 1.807) is 11.7 Å². The van der Waals surface area contributed by atoms with Crippen molar-refractivity contribution >= 4 is 11.3 Å². The molecule has 0 aliphatic rings. The van der Waals surface area contributed by atoms with Gasteiger partial charge in [0.15, 0.2) is 0 Å². The summed E-state index contributed by atoms with van der Waals surface area (Å²) < 4.78 is 5.31. The van der Waals surface area contributed by atoms with E-state index in [0.29, 0.717) is 17.8 Å². The Morgan fingerprint density at radius 2 is 2.35 bits per heavy atom. The van der Waals surface area contributed by atoms with Crippen molar-refractivity contribution in [2.75, 3.05) is 7.05 Å². The van der Waals surface area contributed by atoms with E-state index in [2.05, 4.69) is 34.3 Å². The second-order valence-electron chi connectivity index (χ2n) is 3.91. The maximum atomic E-state index is 5.31. The van der Waals surface area contributed by atoms with Crippen LogP contribution in [0.25, 0.3) is 10.7 Å². The van der Waals surface area contributed by atoms with Crippen molar-refractivity contribution in [3.8, 4) is 10.7 Å².